The van der Waals surface area contributed by atoms with Gasteiger partial charge in [-0.25, -0.2) is 13.9 Å². The molecule has 0 fully saturated rings. The van der Waals surface area contributed by atoms with Gasteiger partial charge in [0.05, 0.1) is 0 Å². The number of hydrogen-bond acceptors (Lipinski definition) is 4. The average molecular weight is 272 g/mol. The highest BCUT2D eigenvalue weighted by Gasteiger charge is 2.14. The van der Waals surface area contributed by atoms with Crippen molar-refractivity contribution in [3.63, 3.8) is 0 Å². The van der Waals surface area contributed by atoms with Crippen LogP contribution in [0.3, 0.4) is 0 Å². The van der Waals surface area contributed by atoms with Crippen LogP contribution < -0.4 is 5.73 Å². The molecule has 3 N–H and O–H groups in total. The molecule has 102 valence electrons. The second-order valence-corrected chi connectivity index (χ2v) is 4.44. The number of fused-ring (bicyclic) bond motifs is 1. The number of hydrogen-bond donors (Lipinski definition) is 2. The highest BCUT2D eigenvalue weighted by molar-refractivity contribution is 5.88. The number of nitrogens with two attached hydrogens (primary N) is 1. The maximum atomic E-state index is 13.4. The molecule has 2 aromatic heterocycles. The molecule has 0 aliphatic carbocycles. The van der Waals surface area contributed by atoms with Gasteiger partial charge in [0.1, 0.15) is 17.7 Å². The van der Waals surface area contributed by atoms with Crippen molar-refractivity contribution >= 4 is 11.3 Å². The van der Waals surface area contributed by atoms with Crippen LogP contribution >= 0.6 is 0 Å². The maximum absolute atomic E-state index is 13.4. The Kier molecular flexibility index (Phi) is 3.08. The number of aliphatic hydroxyl groups is 1. The van der Waals surface area contributed by atoms with Crippen LogP contribution in [-0.2, 0) is 6.42 Å². The Morgan fingerprint density at radius 2 is 2.15 bits per heavy atom. The summed E-state index contributed by atoms with van der Waals surface area (Å²) in [5, 5.41) is 13.3. The summed E-state index contributed by atoms with van der Waals surface area (Å²) in [7, 11) is 0. The topological polar surface area (TPSA) is 76.4 Å². The Hall–Kier alpha value is -2.47. The summed E-state index contributed by atoms with van der Waals surface area (Å²) in [6.45, 7) is -0.00138. The van der Waals surface area contributed by atoms with Crippen LogP contribution in [0.15, 0.2) is 36.7 Å². The predicted octanol–water partition coefficient (Wildman–Crippen LogP) is 1.65. The number of anilines is 1. The molecule has 0 amide bonds. The van der Waals surface area contributed by atoms with Gasteiger partial charge in [0.15, 0.2) is 5.82 Å². The first-order valence-electron chi connectivity index (χ1n) is 6.18. The molecule has 0 saturated carbocycles. The number of nitrogen functional groups attached to an aromatic ring is 1. The lowest BCUT2D eigenvalue weighted by molar-refractivity contribution is 0.297. The molecule has 0 spiro atoms. The van der Waals surface area contributed by atoms with Crippen molar-refractivity contribution in [2.24, 2.45) is 0 Å². The number of halogens is 1. The summed E-state index contributed by atoms with van der Waals surface area (Å²) >= 11 is 0. The van der Waals surface area contributed by atoms with E-state index in [9.17, 15) is 4.39 Å². The van der Waals surface area contributed by atoms with Gasteiger partial charge >= 0.3 is 0 Å². The van der Waals surface area contributed by atoms with Gasteiger partial charge in [-0.15, -0.1) is 0 Å². The Labute approximate surface area is 114 Å². The third kappa shape index (κ3) is 2.00. The van der Waals surface area contributed by atoms with Crippen molar-refractivity contribution in [3.8, 4) is 11.1 Å². The molecule has 0 aliphatic rings. The summed E-state index contributed by atoms with van der Waals surface area (Å²) in [5.41, 5.74) is 8.80. The molecule has 0 bridgehead atoms. The molecule has 1 aromatic carbocycles. The summed E-state index contributed by atoms with van der Waals surface area (Å²) in [5.74, 6) is 0.00410. The Bertz CT molecular complexity index is 769. The first-order valence-corrected chi connectivity index (χ1v) is 6.18. The van der Waals surface area contributed by atoms with Crippen LogP contribution in [0.5, 0.6) is 0 Å². The Morgan fingerprint density at radius 1 is 1.30 bits per heavy atom. The minimum Gasteiger partial charge on any atom is -0.396 e. The first kappa shape index (κ1) is 12.6. The molecule has 0 atom stereocenters. The van der Waals surface area contributed by atoms with Crippen LogP contribution in [0, 0.1) is 5.82 Å². The van der Waals surface area contributed by atoms with Gasteiger partial charge in [0.25, 0.3) is 0 Å². The van der Waals surface area contributed by atoms with E-state index >= 15 is 0 Å². The van der Waals surface area contributed by atoms with E-state index in [1.807, 2.05) is 6.07 Å². The molecule has 0 saturated heterocycles. The molecule has 0 radical (unpaired) electrons. The van der Waals surface area contributed by atoms with Crippen molar-refractivity contribution in [2.75, 3.05) is 12.3 Å². The highest BCUT2D eigenvalue weighted by Crippen LogP contribution is 2.30. The van der Waals surface area contributed by atoms with Crippen LogP contribution in [0.1, 0.15) is 5.69 Å². The molecular formula is C14H13FN4O. The van der Waals surface area contributed by atoms with Gasteiger partial charge < -0.3 is 10.8 Å². The zero-order chi connectivity index (χ0) is 14.1. The van der Waals surface area contributed by atoms with Crippen LogP contribution in [-0.4, -0.2) is 26.3 Å². The van der Waals surface area contributed by atoms with Crippen molar-refractivity contribution in [3.05, 3.63) is 48.2 Å². The van der Waals surface area contributed by atoms with Gasteiger partial charge in [0.2, 0.25) is 0 Å². The lowest BCUT2D eigenvalue weighted by Crippen LogP contribution is -2.03. The van der Waals surface area contributed by atoms with Crippen LogP contribution in [0.25, 0.3) is 16.6 Å². The van der Waals surface area contributed by atoms with Gasteiger partial charge in [-0.2, -0.15) is 5.10 Å². The minimum atomic E-state index is -0.319. The number of aliphatic hydroxyl groups excluding tert-OH is 1. The second kappa shape index (κ2) is 4.90. The first-order chi connectivity index (χ1) is 9.70. The van der Waals surface area contributed by atoms with Crippen molar-refractivity contribution < 1.29 is 9.50 Å². The Balaban J connectivity index is 2.30. The molecular weight excluding hydrogens is 259 g/mol. The molecule has 3 rings (SSSR count). The van der Waals surface area contributed by atoms with Crippen LogP contribution in [0.4, 0.5) is 10.2 Å². The average Bonchev–Trinajstić information content (AvgIpc) is 2.80. The standard InChI is InChI=1S/C14H13FN4O/c15-10-3-1-2-9(6-10)12-7-11(4-5-20)19-13(12)14(16)17-8-18-19/h1-3,6-8,20H,4-5H2,(H2,16,17,18). The lowest BCUT2D eigenvalue weighted by Gasteiger charge is -2.03. The summed E-state index contributed by atoms with van der Waals surface area (Å²) in [6.07, 6.45) is 1.80. The minimum absolute atomic E-state index is 0.00138. The van der Waals surface area contributed by atoms with Crippen molar-refractivity contribution in [1.29, 1.82) is 0 Å². The normalized spacial score (nSPS) is 11.1. The largest absolute Gasteiger partial charge is 0.396 e. The van der Waals surface area contributed by atoms with Gasteiger partial charge in [-0.1, -0.05) is 12.1 Å². The van der Waals surface area contributed by atoms with E-state index in [0.717, 1.165) is 11.3 Å². The van der Waals surface area contributed by atoms with Crippen molar-refractivity contribution in [2.45, 2.75) is 6.42 Å². The quantitative estimate of drug-likeness (QED) is 0.760. The summed E-state index contributed by atoms with van der Waals surface area (Å²) < 4.78 is 15.0. The number of nitrogens with zero attached hydrogens (tertiary/aromatic N) is 3. The van der Waals surface area contributed by atoms with Gasteiger partial charge in [-0.3, -0.25) is 0 Å². The second-order valence-electron chi connectivity index (χ2n) is 4.44. The zero-order valence-electron chi connectivity index (χ0n) is 10.6. The summed E-state index contributed by atoms with van der Waals surface area (Å²) in [6, 6.07) is 8.11. The number of benzene rings is 1. The molecule has 3 aromatic rings. The molecule has 0 aliphatic heterocycles. The fraction of sp³-hybridized carbons (Fsp3) is 0.143. The molecule has 6 heteroatoms. The third-order valence-corrected chi connectivity index (χ3v) is 3.16. The fourth-order valence-corrected chi connectivity index (χ4v) is 2.30. The van der Waals surface area contributed by atoms with Crippen molar-refractivity contribution in [1.82, 2.24) is 14.6 Å². The van der Waals surface area contributed by atoms with Gasteiger partial charge in [0, 0.05) is 24.3 Å². The van der Waals surface area contributed by atoms with Gasteiger partial charge in [-0.05, 0) is 23.8 Å². The van der Waals surface area contributed by atoms with E-state index in [0.29, 0.717) is 23.3 Å². The third-order valence-electron chi connectivity index (χ3n) is 3.16. The smallest absolute Gasteiger partial charge is 0.151 e. The number of rotatable bonds is 3. The molecule has 2 heterocycles. The van der Waals surface area contributed by atoms with E-state index in [1.165, 1.54) is 18.5 Å². The predicted molar refractivity (Wildman–Crippen MR) is 73.6 cm³/mol. The van der Waals surface area contributed by atoms with E-state index in [-0.39, 0.29) is 12.4 Å². The van der Waals surface area contributed by atoms with E-state index in [2.05, 4.69) is 10.1 Å². The SMILES string of the molecule is Nc1ncnn2c(CCO)cc(-c3cccc(F)c3)c12. The van der Waals surface area contributed by atoms with E-state index < -0.39 is 0 Å². The fourth-order valence-electron chi connectivity index (χ4n) is 2.30. The maximum Gasteiger partial charge on any atom is 0.151 e. The molecule has 20 heavy (non-hydrogen) atoms. The lowest BCUT2D eigenvalue weighted by atomic mass is 10.1. The highest BCUT2D eigenvalue weighted by atomic mass is 19.1. The Morgan fingerprint density at radius 3 is 2.90 bits per heavy atom. The molecule has 5 nitrogen and oxygen atoms in total. The van der Waals surface area contributed by atoms with E-state index in [4.69, 9.17) is 10.8 Å². The molecule has 0 unspecified atom stereocenters. The van der Waals surface area contributed by atoms with Crippen LogP contribution in [0.2, 0.25) is 0 Å². The number of aromatic nitrogens is 3. The zero-order valence-corrected chi connectivity index (χ0v) is 10.6. The van der Waals surface area contributed by atoms with E-state index in [1.54, 1.807) is 16.6 Å². The summed E-state index contributed by atoms with van der Waals surface area (Å²) in [4.78, 5) is 3.98. The monoisotopic (exact) mass is 272 g/mol.